The van der Waals surface area contributed by atoms with Gasteiger partial charge in [-0.3, -0.25) is 0 Å². The van der Waals surface area contributed by atoms with Gasteiger partial charge in [-0.25, -0.2) is 4.98 Å². The molecular weight excluding hydrogens is 220 g/mol. The Morgan fingerprint density at radius 2 is 2.44 bits per heavy atom. The van der Waals surface area contributed by atoms with Crippen LogP contribution >= 0.6 is 11.5 Å². The molecule has 2 rings (SSSR count). The highest BCUT2D eigenvalue weighted by molar-refractivity contribution is 7.09. The molecule has 0 amide bonds. The predicted octanol–water partition coefficient (Wildman–Crippen LogP) is 1.81. The van der Waals surface area contributed by atoms with Gasteiger partial charge in [0, 0.05) is 30.5 Å². The van der Waals surface area contributed by atoms with Crippen molar-refractivity contribution in [3.8, 4) is 0 Å². The molecule has 1 aromatic heterocycles. The Morgan fingerprint density at radius 1 is 1.56 bits per heavy atom. The maximum absolute atomic E-state index is 5.57. The molecule has 5 heteroatoms. The van der Waals surface area contributed by atoms with Crippen LogP contribution in [0.15, 0.2) is 0 Å². The zero-order valence-corrected chi connectivity index (χ0v) is 10.7. The van der Waals surface area contributed by atoms with E-state index < -0.39 is 0 Å². The molecule has 0 radical (unpaired) electrons. The molecule has 1 aliphatic heterocycles. The summed E-state index contributed by atoms with van der Waals surface area (Å²) in [6, 6.07) is 0.640. The van der Waals surface area contributed by atoms with Gasteiger partial charge in [0.15, 0.2) is 0 Å². The summed E-state index contributed by atoms with van der Waals surface area (Å²) in [4.78, 5) is 6.99. The van der Waals surface area contributed by atoms with E-state index in [0.29, 0.717) is 6.04 Å². The zero-order valence-electron chi connectivity index (χ0n) is 9.85. The van der Waals surface area contributed by atoms with Gasteiger partial charge in [-0.2, -0.15) is 4.37 Å². The summed E-state index contributed by atoms with van der Waals surface area (Å²) in [6.45, 7) is 4.02. The molecule has 2 N–H and O–H groups in total. The third kappa shape index (κ3) is 2.52. The summed E-state index contributed by atoms with van der Waals surface area (Å²) in [7, 11) is 0. The molecule has 0 saturated carbocycles. The highest BCUT2D eigenvalue weighted by Crippen LogP contribution is 2.29. The minimum atomic E-state index is 0.640. The molecule has 4 nitrogen and oxygen atoms in total. The first-order valence-corrected chi connectivity index (χ1v) is 6.91. The first kappa shape index (κ1) is 11.8. The molecule has 0 spiro atoms. The molecule has 1 fully saturated rings. The van der Waals surface area contributed by atoms with E-state index in [4.69, 9.17) is 5.73 Å². The van der Waals surface area contributed by atoms with Crippen molar-refractivity contribution in [3.05, 3.63) is 5.82 Å². The standard InChI is InChI=1S/C11H20N4S/c1-2-10-13-11(16-14-10)15-8-4-6-9(15)5-3-7-12/h9H,2-8,12H2,1H3. The highest BCUT2D eigenvalue weighted by atomic mass is 32.1. The molecule has 1 aromatic rings. The molecule has 90 valence electrons. The fraction of sp³-hybridized carbons (Fsp3) is 0.818. The fourth-order valence-corrected chi connectivity index (χ4v) is 3.09. The monoisotopic (exact) mass is 240 g/mol. The van der Waals surface area contributed by atoms with E-state index in [1.165, 1.54) is 19.3 Å². The van der Waals surface area contributed by atoms with Crippen molar-refractivity contribution in [3.63, 3.8) is 0 Å². The van der Waals surface area contributed by atoms with Gasteiger partial charge in [-0.05, 0) is 32.2 Å². The van der Waals surface area contributed by atoms with Gasteiger partial charge in [-0.15, -0.1) is 0 Å². The van der Waals surface area contributed by atoms with Gasteiger partial charge >= 0.3 is 0 Å². The van der Waals surface area contributed by atoms with Crippen molar-refractivity contribution in [1.82, 2.24) is 9.36 Å². The first-order chi connectivity index (χ1) is 7.85. The fourth-order valence-electron chi connectivity index (χ4n) is 2.25. The van der Waals surface area contributed by atoms with Crippen LogP contribution in [0.5, 0.6) is 0 Å². The van der Waals surface area contributed by atoms with Gasteiger partial charge in [0.25, 0.3) is 0 Å². The van der Waals surface area contributed by atoms with Crippen LogP contribution in [0.1, 0.15) is 38.4 Å². The lowest BCUT2D eigenvalue weighted by Crippen LogP contribution is -2.29. The number of nitrogens with zero attached hydrogens (tertiary/aromatic N) is 3. The van der Waals surface area contributed by atoms with Crippen LogP contribution in [-0.2, 0) is 6.42 Å². The Kier molecular flexibility index (Phi) is 4.12. The van der Waals surface area contributed by atoms with Crippen molar-refractivity contribution in [2.24, 2.45) is 5.73 Å². The van der Waals surface area contributed by atoms with E-state index in [1.54, 1.807) is 11.5 Å². The summed E-state index contributed by atoms with van der Waals surface area (Å²) in [6.07, 6.45) is 5.78. The van der Waals surface area contributed by atoms with Crippen LogP contribution in [0.4, 0.5) is 5.13 Å². The third-order valence-electron chi connectivity index (χ3n) is 3.14. The third-order valence-corrected chi connectivity index (χ3v) is 3.93. The summed E-state index contributed by atoms with van der Waals surface area (Å²) >= 11 is 1.54. The van der Waals surface area contributed by atoms with Crippen LogP contribution in [0.25, 0.3) is 0 Å². The smallest absolute Gasteiger partial charge is 0.205 e. The van der Waals surface area contributed by atoms with Gasteiger partial charge in [0.05, 0.1) is 0 Å². The van der Waals surface area contributed by atoms with Crippen LogP contribution in [-0.4, -0.2) is 28.5 Å². The van der Waals surface area contributed by atoms with E-state index in [2.05, 4.69) is 21.2 Å². The van der Waals surface area contributed by atoms with Gasteiger partial charge in [-0.1, -0.05) is 6.92 Å². The van der Waals surface area contributed by atoms with E-state index >= 15 is 0 Å². The Hall–Kier alpha value is -0.680. The quantitative estimate of drug-likeness (QED) is 0.853. The Labute approximate surface area is 101 Å². The van der Waals surface area contributed by atoms with Crippen molar-refractivity contribution in [2.45, 2.75) is 45.1 Å². The van der Waals surface area contributed by atoms with Gasteiger partial charge in [0.2, 0.25) is 5.13 Å². The number of anilines is 1. The first-order valence-electron chi connectivity index (χ1n) is 6.14. The lowest BCUT2D eigenvalue weighted by Gasteiger charge is -2.23. The van der Waals surface area contributed by atoms with Crippen molar-refractivity contribution >= 4 is 16.7 Å². The number of aryl methyl sites for hydroxylation is 1. The summed E-state index contributed by atoms with van der Waals surface area (Å²) in [5.41, 5.74) is 5.57. The van der Waals surface area contributed by atoms with Gasteiger partial charge < -0.3 is 10.6 Å². The maximum Gasteiger partial charge on any atom is 0.205 e. The van der Waals surface area contributed by atoms with E-state index in [1.807, 2.05) is 0 Å². The minimum absolute atomic E-state index is 0.640. The van der Waals surface area contributed by atoms with E-state index in [0.717, 1.165) is 36.9 Å². The number of hydrogen-bond donors (Lipinski definition) is 1. The number of rotatable bonds is 5. The number of hydrogen-bond acceptors (Lipinski definition) is 5. The summed E-state index contributed by atoms with van der Waals surface area (Å²) in [5.74, 6) is 0.976. The molecule has 0 aromatic carbocycles. The lowest BCUT2D eigenvalue weighted by molar-refractivity contribution is 0.584. The van der Waals surface area contributed by atoms with Crippen LogP contribution in [0.3, 0.4) is 0 Å². The normalized spacial score (nSPS) is 20.6. The summed E-state index contributed by atoms with van der Waals surface area (Å²) < 4.78 is 4.36. The molecule has 0 aliphatic carbocycles. The topological polar surface area (TPSA) is 55.0 Å². The second-order valence-corrected chi connectivity index (χ2v) is 5.00. The Bertz CT molecular complexity index is 326. The van der Waals surface area contributed by atoms with Crippen molar-refractivity contribution in [1.29, 1.82) is 0 Å². The lowest BCUT2D eigenvalue weighted by atomic mass is 10.1. The second kappa shape index (κ2) is 5.59. The van der Waals surface area contributed by atoms with E-state index in [9.17, 15) is 0 Å². The molecule has 2 heterocycles. The number of nitrogens with two attached hydrogens (primary N) is 1. The molecule has 1 aliphatic rings. The maximum atomic E-state index is 5.57. The second-order valence-electron chi connectivity index (χ2n) is 4.27. The molecule has 1 saturated heterocycles. The van der Waals surface area contributed by atoms with E-state index in [-0.39, 0.29) is 0 Å². The minimum Gasteiger partial charge on any atom is -0.344 e. The van der Waals surface area contributed by atoms with Gasteiger partial charge in [0.1, 0.15) is 5.82 Å². The SMILES string of the molecule is CCc1nsc(N2CCCC2CCCN)n1. The highest BCUT2D eigenvalue weighted by Gasteiger charge is 2.26. The molecule has 16 heavy (non-hydrogen) atoms. The van der Waals surface area contributed by atoms with Crippen molar-refractivity contribution < 1.29 is 0 Å². The average Bonchev–Trinajstić information content (AvgIpc) is 2.94. The molecular formula is C11H20N4S. The zero-order chi connectivity index (χ0) is 11.4. The van der Waals surface area contributed by atoms with Crippen LogP contribution in [0, 0.1) is 0 Å². The molecule has 1 unspecified atom stereocenters. The van der Waals surface area contributed by atoms with Crippen LogP contribution in [0.2, 0.25) is 0 Å². The average molecular weight is 240 g/mol. The molecule has 0 bridgehead atoms. The Morgan fingerprint density at radius 3 is 3.12 bits per heavy atom. The Balaban J connectivity index is 2.01. The largest absolute Gasteiger partial charge is 0.344 e. The van der Waals surface area contributed by atoms with Crippen molar-refractivity contribution in [2.75, 3.05) is 18.0 Å². The van der Waals surface area contributed by atoms with Crippen LogP contribution < -0.4 is 10.6 Å². The molecule has 1 atom stereocenters. The summed E-state index contributed by atoms with van der Waals surface area (Å²) in [5, 5.41) is 1.11. The predicted molar refractivity (Wildman–Crippen MR) is 67.9 cm³/mol. The number of aromatic nitrogens is 2.